The maximum atomic E-state index is 5.86. The Morgan fingerprint density at radius 3 is 2.71 bits per heavy atom. The van der Waals surface area contributed by atoms with Gasteiger partial charge < -0.3 is 10.2 Å². The lowest BCUT2D eigenvalue weighted by atomic mass is 10.1. The molecule has 0 amide bonds. The van der Waals surface area contributed by atoms with Gasteiger partial charge in [-0.15, -0.1) is 11.3 Å². The van der Waals surface area contributed by atoms with Gasteiger partial charge in [-0.05, 0) is 38.1 Å². The lowest BCUT2D eigenvalue weighted by Gasteiger charge is -2.32. The molecule has 1 saturated heterocycles. The first-order valence-electron chi connectivity index (χ1n) is 6.40. The first-order valence-corrected chi connectivity index (χ1v) is 7.66. The molecule has 3 nitrogen and oxygen atoms in total. The zero-order valence-electron chi connectivity index (χ0n) is 9.86. The van der Waals surface area contributed by atoms with Gasteiger partial charge in [-0.3, -0.25) is 0 Å². The minimum Gasteiger partial charge on any atom is -0.348 e. The number of anilines is 1. The van der Waals surface area contributed by atoms with E-state index in [-0.39, 0.29) is 0 Å². The molecule has 0 unspecified atom stereocenters. The molecule has 17 heavy (non-hydrogen) atoms. The van der Waals surface area contributed by atoms with E-state index in [1.807, 2.05) is 5.38 Å². The second-order valence-electron chi connectivity index (χ2n) is 5.07. The number of nitrogens with zero attached hydrogens (tertiary/aromatic N) is 2. The topological polar surface area (TPSA) is 28.2 Å². The average Bonchev–Trinajstić information content (AvgIpc) is 3.09. The zero-order chi connectivity index (χ0) is 11.7. The van der Waals surface area contributed by atoms with Crippen LogP contribution in [0.15, 0.2) is 5.38 Å². The molecule has 0 bridgehead atoms. The standard InChI is InChI=1S/C12H18ClN3S/c13-11-8-17-12(15-11)16-5-3-10(4-6-16)14-7-9-1-2-9/h8-10,14H,1-7H2. The molecule has 1 aromatic rings. The second-order valence-corrected chi connectivity index (χ2v) is 6.29. The van der Waals surface area contributed by atoms with Crippen LogP contribution in [0.2, 0.25) is 5.15 Å². The number of halogens is 1. The van der Waals surface area contributed by atoms with Crippen LogP contribution < -0.4 is 10.2 Å². The molecule has 1 N–H and O–H groups in total. The van der Waals surface area contributed by atoms with Crippen LogP contribution in [0.4, 0.5) is 5.13 Å². The molecule has 3 rings (SSSR count). The number of piperidine rings is 1. The van der Waals surface area contributed by atoms with Crippen LogP contribution in [0.1, 0.15) is 25.7 Å². The number of rotatable bonds is 4. The van der Waals surface area contributed by atoms with Crippen molar-refractivity contribution < 1.29 is 0 Å². The van der Waals surface area contributed by atoms with Crippen molar-refractivity contribution >= 4 is 28.1 Å². The highest BCUT2D eigenvalue weighted by Crippen LogP contribution is 2.29. The fraction of sp³-hybridized carbons (Fsp3) is 0.750. The highest BCUT2D eigenvalue weighted by Gasteiger charge is 2.25. The van der Waals surface area contributed by atoms with Gasteiger partial charge in [0, 0.05) is 24.5 Å². The number of aromatic nitrogens is 1. The third-order valence-electron chi connectivity index (χ3n) is 3.62. The Kier molecular flexibility index (Phi) is 3.54. The van der Waals surface area contributed by atoms with Crippen LogP contribution in [-0.4, -0.2) is 30.7 Å². The first kappa shape index (κ1) is 11.8. The van der Waals surface area contributed by atoms with Gasteiger partial charge >= 0.3 is 0 Å². The Morgan fingerprint density at radius 2 is 2.12 bits per heavy atom. The average molecular weight is 272 g/mol. The van der Waals surface area contributed by atoms with Gasteiger partial charge in [-0.25, -0.2) is 4.98 Å². The van der Waals surface area contributed by atoms with Crippen LogP contribution in [0.3, 0.4) is 0 Å². The van der Waals surface area contributed by atoms with Crippen LogP contribution in [-0.2, 0) is 0 Å². The summed E-state index contributed by atoms with van der Waals surface area (Å²) in [4.78, 5) is 6.69. The minimum absolute atomic E-state index is 0.624. The van der Waals surface area contributed by atoms with E-state index >= 15 is 0 Å². The van der Waals surface area contributed by atoms with E-state index < -0.39 is 0 Å². The third kappa shape index (κ3) is 3.12. The van der Waals surface area contributed by atoms with Gasteiger partial charge in [-0.2, -0.15) is 0 Å². The summed E-state index contributed by atoms with van der Waals surface area (Å²) in [6, 6.07) is 0.710. The quantitative estimate of drug-likeness (QED) is 0.913. The Bertz CT molecular complexity index is 370. The molecule has 0 radical (unpaired) electrons. The van der Waals surface area contributed by atoms with E-state index in [0.717, 1.165) is 24.1 Å². The van der Waals surface area contributed by atoms with Crippen molar-refractivity contribution in [3.8, 4) is 0 Å². The summed E-state index contributed by atoms with van der Waals surface area (Å²) < 4.78 is 0. The number of nitrogens with one attached hydrogen (secondary N) is 1. The molecule has 2 heterocycles. The van der Waals surface area contributed by atoms with E-state index in [0.29, 0.717) is 11.2 Å². The molecule has 1 saturated carbocycles. The number of thiazole rings is 1. The SMILES string of the molecule is Clc1csc(N2CCC(NCC3CC3)CC2)n1. The molecule has 1 aliphatic carbocycles. The summed E-state index contributed by atoms with van der Waals surface area (Å²) >= 11 is 7.51. The smallest absolute Gasteiger partial charge is 0.186 e. The summed E-state index contributed by atoms with van der Waals surface area (Å²) in [6.45, 7) is 3.44. The van der Waals surface area contributed by atoms with Crippen molar-refractivity contribution in [2.24, 2.45) is 5.92 Å². The molecule has 1 aliphatic heterocycles. The van der Waals surface area contributed by atoms with E-state index in [1.54, 1.807) is 11.3 Å². The summed E-state index contributed by atoms with van der Waals surface area (Å²) in [5.74, 6) is 0.978. The molecule has 1 aromatic heterocycles. The Morgan fingerprint density at radius 1 is 1.35 bits per heavy atom. The van der Waals surface area contributed by atoms with Gasteiger partial charge in [0.05, 0.1) is 0 Å². The Labute approximate surface area is 111 Å². The van der Waals surface area contributed by atoms with Crippen molar-refractivity contribution in [3.63, 3.8) is 0 Å². The fourth-order valence-corrected chi connectivity index (χ4v) is 3.32. The largest absolute Gasteiger partial charge is 0.348 e. The molecule has 2 fully saturated rings. The maximum absolute atomic E-state index is 5.86. The monoisotopic (exact) mass is 271 g/mol. The Hall–Kier alpha value is -0.320. The summed E-state index contributed by atoms with van der Waals surface area (Å²) in [6.07, 6.45) is 5.32. The van der Waals surface area contributed by atoms with E-state index in [9.17, 15) is 0 Å². The summed E-state index contributed by atoms with van der Waals surface area (Å²) in [5.41, 5.74) is 0. The molecule has 2 aliphatic rings. The molecule has 0 spiro atoms. The van der Waals surface area contributed by atoms with Gasteiger partial charge in [0.2, 0.25) is 0 Å². The zero-order valence-corrected chi connectivity index (χ0v) is 11.4. The van der Waals surface area contributed by atoms with E-state index in [4.69, 9.17) is 11.6 Å². The molecule has 0 atom stereocenters. The summed E-state index contributed by atoms with van der Waals surface area (Å²) in [5, 5.41) is 7.31. The highest BCUT2D eigenvalue weighted by atomic mass is 35.5. The third-order valence-corrected chi connectivity index (χ3v) is 4.85. The molecule has 94 valence electrons. The van der Waals surface area contributed by atoms with Gasteiger partial charge in [0.25, 0.3) is 0 Å². The van der Waals surface area contributed by atoms with Crippen molar-refractivity contribution in [1.82, 2.24) is 10.3 Å². The van der Waals surface area contributed by atoms with Gasteiger partial charge in [0.15, 0.2) is 5.13 Å². The van der Waals surface area contributed by atoms with Crippen LogP contribution in [0, 0.1) is 5.92 Å². The normalized spacial score (nSPS) is 22.1. The fourth-order valence-electron chi connectivity index (χ4n) is 2.32. The maximum Gasteiger partial charge on any atom is 0.186 e. The molecular weight excluding hydrogens is 254 g/mol. The lowest BCUT2D eigenvalue weighted by Crippen LogP contribution is -2.43. The first-order chi connectivity index (χ1) is 8.31. The number of hydrogen-bond donors (Lipinski definition) is 1. The summed E-state index contributed by atoms with van der Waals surface area (Å²) in [7, 11) is 0. The highest BCUT2D eigenvalue weighted by molar-refractivity contribution is 7.14. The van der Waals surface area contributed by atoms with E-state index in [2.05, 4.69) is 15.2 Å². The molecule has 5 heteroatoms. The molecule has 0 aromatic carbocycles. The van der Waals surface area contributed by atoms with Crippen molar-refractivity contribution in [1.29, 1.82) is 0 Å². The second kappa shape index (κ2) is 5.12. The van der Waals surface area contributed by atoms with Crippen LogP contribution in [0.25, 0.3) is 0 Å². The minimum atomic E-state index is 0.624. The van der Waals surface area contributed by atoms with Gasteiger partial charge in [0.1, 0.15) is 5.15 Å². The van der Waals surface area contributed by atoms with Crippen molar-refractivity contribution in [2.75, 3.05) is 24.5 Å². The number of hydrogen-bond acceptors (Lipinski definition) is 4. The Balaban J connectivity index is 1.46. The van der Waals surface area contributed by atoms with E-state index in [1.165, 1.54) is 32.2 Å². The lowest BCUT2D eigenvalue weighted by molar-refractivity contribution is 0.408. The predicted molar refractivity (Wildman–Crippen MR) is 73.1 cm³/mol. The van der Waals surface area contributed by atoms with Crippen LogP contribution in [0.5, 0.6) is 0 Å². The van der Waals surface area contributed by atoms with Gasteiger partial charge in [-0.1, -0.05) is 11.6 Å². The van der Waals surface area contributed by atoms with Crippen molar-refractivity contribution in [3.05, 3.63) is 10.5 Å². The van der Waals surface area contributed by atoms with Crippen molar-refractivity contribution in [2.45, 2.75) is 31.7 Å². The van der Waals surface area contributed by atoms with Crippen LogP contribution >= 0.6 is 22.9 Å². The predicted octanol–water partition coefficient (Wildman–Crippen LogP) is 2.76. The molecular formula is C12H18ClN3S.